The van der Waals surface area contributed by atoms with Crippen LogP contribution in [0.15, 0.2) is 36.4 Å². The summed E-state index contributed by atoms with van der Waals surface area (Å²) in [6.45, 7) is 3.30. The first-order chi connectivity index (χ1) is 8.33. The zero-order chi connectivity index (χ0) is 12.1. The van der Waals surface area contributed by atoms with E-state index in [-0.39, 0.29) is 0 Å². The van der Waals surface area contributed by atoms with Crippen LogP contribution >= 0.6 is 0 Å². The van der Waals surface area contributed by atoms with Gasteiger partial charge in [0.1, 0.15) is 0 Å². The molecule has 0 saturated carbocycles. The molecule has 0 atom stereocenters. The fourth-order valence-corrected chi connectivity index (χ4v) is 2.35. The normalized spacial score (nSPS) is 10.9. The monoisotopic (exact) mass is 227 g/mol. The summed E-state index contributed by atoms with van der Waals surface area (Å²) in [5.74, 6) is 0. The lowest BCUT2D eigenvalue weighted by atomic mass is 9.97. The highest BCUT2D eigenvalue weighted by Crippen LogP contribution is 2.23. The van der Waals surface area contributed by atoms with Crippen LogP contribution in [0.3, 0.4) is 0 Å². The Kier molecular flexibility index (Phi) is 4.16. The number of unbranched alkanes of at least 4 members (excludes halogenated alkanes) is 1. The van der Waals surface area contributed by atoms with Crippen LogP contribution in [0.4, 0.5) is 0 Å². The van der Waals surface area contributed by atoms with E-state index < -0.39 is 0 Å². The Hall–Kier alpha value is -1.34. The second kappa shape index (κ2) is 5.83. The zero-order valence-electron chi connectivity index (χ0n) is 10.8. The highest BCUT2D eigenvalue weighted by molar-refractivity contribution is 5.88. The molecule has 90 valence electrons. The van der Waals surface area contributed by atoms with Gasteiger partial charge in [0.2, 0.25) is 0 Å². The first-order valence-corrected chi connectivity index (χ1v) is 6.45. The van der Waals surface area contributed by atoms with Crippen molar-refractivity contribution in [2.45, 2.75) is 26.2 Å². The third-order valence-electron chi connectivity index (χ3n) is 3.36. The Bertz CT molecular complexity index is 488. The molecule has 0 amide bonds. The first kappa shape index (κ1) is 12.1. The Morgan fingerprint density at radius 2 is 1.71 bits per heavy atom. The van der Waals surface area contributed by atoms with E-state index in [1.165, 1.54) is 41.2 Å². The second-order valence-electron chi connectivity index (χ2n) is 4.65. The number of nitrogens with one attached hydrogen (secondary N) is 1. The quantitative estimate of drug-likeness (QED) is 0.768. The van der Waals surface area contributed by atoms with Crippen LogP contribution in [-0.4, -0.2) is 13.6 Å². The van der Waals surface area contributed by atoms with Crippen molar-refractivity contribution in [3.8, 4) is 0 Å². The topological polar surface area (TPSA) is 12.0 Å². The van der Waals surface area contributed by atoms with E-state index >= 15 is 0 Å². The molecule has 0 saturated heterocycles. The highest BCUT2D eigenvalue weighted by atomic mass is 14.8. The van der Waals surface area contributed by atoms with Gasteiger partial charge in [0.15, 0.2) is 0 Å². The zero-order valence-corrected chi connectivity index (χ0v) is 10.8. The molecule has 0 aliphatic carbocycles. The molecule has 0 unspecified atom stereocenters. The number of hydrogen-bond donors (Lipinski definition) is 1. The lowest BCUT2D eigenvalue weighted by Gasteiger charge is -2.08. The van der Waals surface area contributed by atoms with E-state index in [1.807, 2.05) is 7.05 Å². The number of rotatable bonds is 5. The van der Waals surface area contributed by atoms with Crippen molar-refractivity contribution in [2.75, 3.05) is 13.6 Å². The average Bonchev–Trinajstić information content (AvgIpc) is 2.37. The minimum atomic E-state index is 1.11. The summed E-state index contributed by atoms with van der Waals surface area (Å²) in [6, 6.07) is 13.3. The summed E-state index contributed by atoms with van der Waals surface area (Å²) < 4.78 is 0. The van der Waals surface area contributed by atoms with Crippen LogP contribution in [-0.2, 0) is 6.42 Å². The van der Waals surface area contributed by atoms with Crippen molar-refractivity contribution < 1.29 is 0 Å². The number of aryl methyl sites for hydroxylation is 2. The van der Waals surface area contributed by atoms with E-state index in [0.717, 1.165) is 6.54 Å². The molecule has 0 aliphatic heterocycles. The maximum Gasteiger partial charge on any atom is -0.00518 e. The van der Waals surface area contributed by atoms with Gasteiger partial charge in [0.25, 0.3) is 0 Å². The highest BCUT2D eigenvalue weighted by Gasteiger charge is 2.02. The van der Waals surface area contributed by atoms with Crippen molar-refractivity contribution >= 4 is 10.8 Å². The molecule has 1 heteroatoms. The standard InChI is InChI=1S/C16H21N/c1-13-10-11-14(7-5-6-12-17-2)16-9-4-3-8-15(13)16/h3-4,8-11,17H,5-7,12H2,1-2H3. The largest absolute Gasteiger partial charge is 0.320 e. The predicted octanol–water partition coefficient (Wildman–Crippen LogP) is 3.69. The van der Waals surface area contributed by atoms with Crippen molar-refractivity contribution in [1.82, 2.24) is 5.32 Å². The third-order valence-corrected chi connectivity index (χ3v) is 3.36. The Morgan fingerprint density at radius 1 is 0.941 bits per heavy atom. The number of fused-ring (bicyclic) bond motifs is 1. The summed E-state index contributed by atoms with van der Waals surface area (Å²) in [5, 5.41) is 6.03. The smallest absolute Gasteiger partial charge is 0.00518 e. The molecule has 2 aromatic rings. The SMILES string of the molecule is CNCCCCc1ccc(C)c2ccccc12. The minimum absolute atomic E-state index is 1.11. The summed E-state index contributed by atoms with van der Waals surface area (Å²) >= 11 is 0. The molecule has 0 heterocycles. The third kappa shape index (κ3) is 2.86. The van der Waals surface area contributed by atoms with Gasteiger partial charge in [-0.3, -0.25) is 0 Å². The van der Waals surface area contributed by atoms with Crippen molar-refractivity contribution in [3.63, 3.8) is 0 Å². The average molecular weight is 227 g/mol. The van der Waals surface area contributed by atoms with E-state index in [4.69, 9.17) is 0 Å². The van der Waals surface area contributed by atoms with E-state index in [0.29, 0.717) is 0 Å². The van der Waals surface area contributed by atoms with Crippen molar-refractivity contribution in [3.05, 3.63) is 47.5 Å². The minimum Gasteiger partial charge on any atom is -0.320 e. The number of hydrogen-bond acceptors (Lipinski definition) is 1. The van der Waals surface area contributed by atoms with Gasteiger partial charge in [-0.1, -0.05) is 36.4 Å². The van der Waals surface area contributed by atoms with Crippen LogP contribution in [0.25, 0.3) is 10.8 Å². The Labute approximate surface area is 104 Å². The molecule has 1 nitrogen and oxygen atoms in total. The maximum atomic E-state index is 3.20. The van der Waals surface area contributed by atoms with Gasteiger partial charge >= 0.3 is 0 Å². The molecule has 2 aromatic carbocycles. The van der Waals surface area contributed by atoms with Gasteiger partial charge in [0.05, 0.1) is 0 Å². The molecule has 0 fully saturated rings. The fraction of sp³-hybridized carbons (Fsp3) is 0.375. The molecular formula is C16H21N. The van der Waals surface area contributed by atoms with Crippen molar-refractivity contribution in [1.29, 1.82) is 0 Å². The van der Waals surface area contributed by atoms with Gasteiger partial charge in [-0.2, -0.15) is 0 Å². The fourth-order valence-electron chi connectivity index (χ4n) is 2.35. The molecule has 0 radical (unpaired) electrons. The second-order valence-corrected chi connectivity index (χ2v) is 4.65. The lowest BCUT2D eigenvalue weighted by molar-refractivity contribution is 0.678. The van der Waals surface area contributed by atoms with E-state index in [9.17, 15) is 0 Å². The van der Waals surface area contributed by atoms with Crippen molar-refractivity contribution in [2.24, 2.45) is 0 Å². The summed E-state index contributed by atoms with van der Waals surface area (Å²) in [7, 11) is 2.02. The molecule has 2 rings (SSSR count). The van der Waals surface area contributed by atoms with Crippen LogP contribution in [0.5, 0.6) is 0 Å². The summed E-state index contributed by atoms with van der Waals surface area (Å²) in [4.78, 5) is 0. The van der Waals surface area contributed by atoms with Gasteiger partial charge in [-0.05, 0) is 61.7 Å². The predicted molar refractivity (Wildman–Crippen MR) is 75.5 cm³/mol. The van der Waals surface area contributed by atoms with Gasteiger partial charge < -0.3 is 5.32 Å². The van der Waals surface area contributed by atoms with E-state index in [1.54, 1.807) is 0 Å². The van der Waals surface area contributed by atoms with Crippen LogP contribution < -0.4 is 5.32 Å². The Balaban J connectivity index is 2.20. The van der Waals surface area contributed by atoms with Gasteiger partial charge in [0, 0.05) is 0 Å². The Morgan fingerprint density at radius 3 is 2.47 bits per heavy atom. The van der Waals surface area contributed by atoms with Gasteiger partial charge in [-0.15, -0.1) is 0 Å². The molecule has 0 bridgehead atoms. The molecule has 17 heavy (non-hydrogen) atoms. The molecule has 0 spiro atoms. The lowest BCUT2D eigenvalue weighted by Crippen LogP contribution is -2.07. The number of benzene rings is 2. The summed E-state index contributed by atoms with van der Waals surface area (Å²) in [6.07, 6.45) is 3.69. The van der Waals surface area contributed by atoms with Crippen LogP contribution in [0.2, 0.25) is 0 Å². The molecule has 0 aromatic heterocycles. The molecular weight excluding hydrogens is 206 g/mol. The van der Waals surface area contributed by atoms with Crippen LogP contribution in [0.1, 0.15) is 24.0 Å². The molecule has 0 aliphatic rings. The maximum absolute atomic E-state index is 3.20. The van der Waals surface area contributed by atoms with Gasteiger partial charge in [-0.25, -0.2) is 0 Å². The van der Waals surface area contributed by atoms with E-state index in [2.05, 4.69) is 48.6 Å². The molecule has 1 N–H and O–H groups in total. The first-order valence-electron chi connectivity index (χ1n) is 6.45. The summed E-state index contributed by atoms with van der Waals surface area (Å²) in [5.41, 5.74) is 2.86. The van der Waals surface area contributed by atoms with Crippen LogP contribution in [0, 0.1) is 6.92 Å².